The Hall–Kier alpha value is -0.970. The fraction of sp³-hybridized carbons (Fsp3) is 0.647. The van der Waals surface area contributed by atoms with Crippen molar-refractivity contribution in [3.63, 3.8) is 0 Å². The van der Waals surface area contributed by atoms with Crippen LogP contribution in [0, 0.1) is 11.8 Å². The highest BCUT2D eigenvalue weighted by atomic mass is 35.5. The third kappa shape index (κ3) is 4.28. The van der Waals surface area contributed by atoms with Crippen LogP contribution in [0.25, 0.3) is 0 Å². The summed E-state index contributed by atoms with van der Waals surface area (Å²) < 4.78 is 11.5. The van der Waals surface area contributed by atoms with E-state index in [9.17, 15) is 0 Å². The number of ether oxygens (including phenoxy) is 2. The lowest BCUT2D eigenvalue weighted by Gasteiger charge is -2.34. The first kappa shape index (κ1) is 17.4. The van der Waals surface area contributed by atoms with Gasteiger partial charge in [-0.1, -0.05) is 12.1 Å². The van der Waals surface area contributed by atoms with Gasteiger partial charge in [-0.3, -0.25) is 4.90 Å². The molecule has 2 fully saturated rings. The molecule has 124 valence electrons. The number of hydrogen-bond acceptors (Lipinski definition) is 4. The molecule has 1 N–H and O–H groups in total. The van der Waals surface area contributed by atoms with Gasteiger partial charge in [0.05, 0.1) is 6.61 Å². The van der Waals surface area contributed by atoms with Crippen LogP contribution in [0.3, 0.4) is 0 Å². The maximum absolute atomic E-state index is 5.92. The van der Waals surface area contributed by atoms with Gasteiger partial charge in [0.2, 0.25) is 0 Å². The van der Waals surface area contributed by atoms with Crippen LogP contribution in [-0.4, -0.2) is 50.8 Å². The zero-order valence-corrected chi connectivity index (χ0v) is 14.1. The SMILES string of the molecule is CCOc1ccccc1OCCN1CCC2CNCC2C1.Cl. The summed E-state index contributed by atoms with van der Waals surface area (Å²) in [6.07, 6.45) is 1.33. The van der Waals surface area contributed by atoms with Crippen LogP contribution >= 0.6 is 12.4 Å². The largest absolute Gasteiger partial charge is 0.490 e. The second-order valence-electron chi connectivity index (χ2n) is 6.00. The Kier molecular flexibility index (Phi) is 6.80. The number of fused-ring (bicyclic) bond motifs is 1. The zero-order chi connectivity index (χ0) is 14.5. The Morgan fingerprint density at radius 2 is 1.86 bits per heavy atom. The normalized spacial score (nSPS) is 24.4. The number of nitrogens with zero attached hydrogens (tertiary/aromatic N) is 1. The smallest absolute Gasteiger partial charge is 0.161 e. The Balaban J connectivity index is 0.00000176. The van der Waals surface area contributed by atoms with Gasteiger partial charge < -0.3 is 14.8 Å². The molecule has 2 saturated heterocycles. The van der Waals surface area contributed by atoms with Crippen molar-refractivity contribution in [2.75, 3.05) is 45.9 Å². The number of hydrogen-bond donors (Lipinski definition) is 1. The molecule has 2 atom stereocenters. The molecule has 0 saturated carbocycles. The maximum Gasteiger partial charge on any atom is 0.161 e. The molecule has 2 unspecified atom stereocenters. The van der Waals surface area contributed by atoms with Gasteiger partial charge in [0, 0.05) is 13.1 Å². The van der Waals surface area contributed by atoms with Gasteiger partial charge in [-0.15, -0.1) is 12.4 Å². The number of para-hydroxylation sites is 2. The lowest BCUT2D eigenvalue weighted by atomic mass is 9.89. The molecular formula is C17H27ClN2O2. The van der Waals surface area contributed by atoms with Crippen molar-refractivity contribution in [1.29, 1.82) is 0 Å². The minimum Gasteiger partial charge on any atom is -0.490 e. The molecule has 2 aliphatic heterocycles. The van der Waals surface area contributed by atoms with Crippen molar-refractivity contribution in [1.82, 2.24) is 10.2 Å². The molecule has 4 nitrogen and oxygen atoms in total. The molecule has 0 aliphatic carbocycles. The first-order valence-corrected chi connectivity index (χ1v) is 8.14. The molecule has 1 aromatic rings. The highest BCUT2D eigenvalue weighted by Crippen LogP contribution is 2.28. The van der Waals surface area contributed by atoms with Gasteiger partial charge in [-0.2, -0.15) is 0 Å². The number of piperidine rings is 1. The lowest BCUT2D eigenvalue weighted by molar-refractivity contribution is 0.126. The summed E-state index contributed by atoms with van der Waals surface area (Å²) >= 11 is 0. The van der Waals surface area contributed by atoms with Crippen LogP contribution < -0.4 is 14.8 Å². The average Bonchev–Trinajstić information content (AvgIpc) is 2.97. The molecule has 0 spiro atoms. The van der Waals surface area contributed by atoms with E-state index < -0.39 is 0 Å². The van der Waals surface area contributed by atoms with E-state index in [1.807, 2.05) is 31.2 Å². The molecule has 22 heavy (non-hydrogen) atoms. The van der Waals surface area contributed by atoms with Gasteiger partial charge in [0.1, 0.15) is 6.61 Å². The number of nitrogens with one attached hydrogen (secondary N) is 1. The second-order valence-corrected chi connectivity index (χ2v) is 6.00. The molecule has 0 radical (unpaired) electrons. The number of rotatable bonds is 6. The van der Waals surface area contributed by atoms with Gasteiger partial charge in [-0.25, -0.2) is 0 Å². The third-order valence-corrected chi connectivity index (χ3v) is 4.60. The minimum absolute atomic E-state index is 0. The third-order valence-electron chi connectivity index (χ3n) is 4.60. The van der Waals surface area contributed by atoms with Crippen LogP contribution in [-0.2, 0) is 0 Å². The average molecular weight is 327 g/mol. The van der Waals surface area contributed by atoms with E-state index in [0.29, 0.717) is 6.61 Å². The van der Waals surface area contributed by atoms with Crippen molar-refractivity contribution in [2.45, 2.75) is 13.3 Å². The fourth-order valence-corrected chi connectivity index (χ4v) is 3.44. The lowest BCUT2D eigenvalue weighted by Crippen LogP contribution is -2.41. The summed E-state index contributed by atoms with van der Waals surface area (Å²) in [5.74, 6) is 3.45. The number of halogens is 1. The Bertz CT molecular complexity index is 458. The van der Waals surface area contributed by atoms with E-state index in [-0.39, 0.29) is 12.4 Å². The van der Waals surface area contributed by atoms with Crippen LogP contribution in [0.15, 0.2) is 24.3 Å². The molecule has 5 heteroatoms. The summed E-state index contributed by atoms with van der Waals surface area (Å²) in [6, 6.07) is 7.93. The van der Waals surface area contributed by atoms with E-state index in [4.69, 9.17) is 9.47 Å². The Morgan fingerprint density at radius 1 is 1.14 bits per heavy atom. The van der Waals surface area contributed by atoms with E-state index in [2.05, 4.69) is 10.2 Å². The van der Waals surface area contributed by atoms with Crippen molar-refractivity contribution >= 4 is 12.4 Å². The molecular weight excluding hydrogens is 300 g/mol. The van der Waals surface area contributed by atoms with E-state index in [0.717, 1.165) is 36.5 Å². The van der Waals surface area contributed by atoms with E-state index >= 15 is 0 Å². The van der Waals surface area contributed by atoms with Crippen LogP contribution in [0.5, 0.6) is 11.5 Å². The summed E-state index contributed by atoms with van der Waals surface area (Å²) in [5, 5.41) is 3.51. The van der Waals surface area contributed by atoms with E-state index in [1.165, 1.54) is 32.6 Å². The topological polar surface area (TPSA) is 33.7 Å². The predicted octanol–water partition coefficient (Wildman–Crippen LogP) is 2.43. The fourth-order valence-electron chi connectivity index (χ4n) is 3.44. The Labute approximate surface area is 139 Å². The van der Waals surface area contributed by atoms with Gasteiger partial charge >= 0.3 is 0 Å². The maximum atomic E-state index is 5.92. The second kappa shape index (κ2) is 8.61. The first-order valence-electron chi connectivity index (χ1n) is 8.14. The molecule has 2 heterocycles. The van der Waals surface area contributed by atoms with Crippen molar-refractivity contribution in [3.8, 4) is 11.5 Å². The monoisotopic (exact) mass is 326 g/mol. The van der Waals surface area contributed by atoms with Crippen molar-refractivity contribution < 1.29 is 9.47 Å². The van der Waals surface area contributed by atoms with Gasteiger partial charge in [-0.05, 0) is 56.9 Å². The Morgan fingerprint density at radius 3 is 2.64 bits per heavy atom. The van der Waals surface area contributed by atoms with Crippen molar-refractivity contribution in [2.24, 2.45) is 11.8 Å². The van der Waals surface area contributed by atoms with Crippen molar-refractivity contribution in [3.05, 3.63) is 24.3 Å². The highest BCUT2D eigenvalue weighted by molar-refractivity contribution is 5.85. The van der Waals surface area contributed by atoms with Gasteiger partial charge in [0.15, 0.2) is 11.5 Å². The van der Waals surface area contributed by atoms with Crippen LogP contribution in [0.1, 0.15) is 13.3 Å². The molecule has 1 aromatic carbocycles. The standard InChI is InChI=1S/C17H26N2O2.ClH/c1-2-20-16-5-3-4-6-17(16)21-10-9-19-8-7-14-11-18-12-15(14)13-19;/h3-6,14-15,18H,2,7-13H2,1H3;1H. The highest BCUT2D eigenvalue weighted by Gasteiger charge is 2.32. The first-order chi connectivity index (χ1) is 10.4. The number of likely N-dealkylation sites (tertiary alicyclic amines) is 1. The predicted molar refractivity (Wildman–Crippen MR) is 91.3 cm³/mol. The summed E-state index contributed by atoms with van der Waals surface area (Å²) in [5.41, 5.74) is 0. The minimum atomic E-state index is 0. The van der Waals surface area contributed by atoms with Gasteiger partial charge in [0.25, 0.3) is 0 Å². The molecule has 0 aromatic heterocycles. The quantitative estimate of drug-likeness (QED) is 0.870. The van der Waals surface area contributed by atoms with Crippen LogP contribution in [0.4, 0.5) is 0 Å². The molecule has 0 amide bonds. The summed E-state index contributed by atoms with van der Waals surface area (Å²) in [4.78, 5) is 2.54. The van der Waals surface area contributed by atoms with E-state index in [1.54, 1.807) is 0 Å². The molecule has 3 rings (SSSR count). The summed E-state index contributed by atoms with van der Waals surface area (Å²) in [6.45, 7) is 9.23. The summed E-state index contributed by atoms with van der Waals surface area (Å²) in [7, 11) is 0. The van der Waals surface area contributed by atoms with Crippen LogP contribution in [0.2, 0.25) is 0 Å². The molecule has 0 bridgehead atoms. The zero-order valence-electron chi connectivity index (χ0n) is 13.3. The number of benzene rings is 1. The molecule has 2 aliphatic rings.